The van der Waals surface area contributed by atoms with Crippen molar-refractivity contribution in [1.82, 2.24) is 24.6 Å². The molecule has 0 bridgehead atoms. The van der Waals surface area contributed by atoms with Crippen LogP contribution in [0.5, 0.6) is 11.6 Å². The summed E-state index contributed by atoms with van der Waals surface area (Å²) in [5, 5.41) is 4.24. The van der Waals surface area contributed by atoms with Crippen LogP contribution in [-0.2, 0) is 6.54 Å². The van der Waals surface area contributed by atoms with Gasteiger partial charge in [0, 0.05) is 41.8 Å². The highest BCUT2D eigenvalue weighted by Crippen LogP contribution is 2.32. The van der Waals surface area contributed by atoms with E-state index in [2.05, 4.69) is 15.1 Å². The fourth-order valence-electron chi connectivity index (χ4n) is 4.51. The Hall–Kier alpha value is -4.53. The van der Waals surface area contributed by atoms with E-state index in [4.69, 9.17) is 10.5 Å². The number of carbonyl (C=O) groups excluding carboxylic acids is 2. The first kappa shape index (κ1) is 24.2. The highest BCUT2D eigenvalue weighted by atomic mass is 16.5. The highest BCUT2D eigenvalue weighted by molar-refractivity contribution is 5.94. The molecule has 2 aromatic heterocycles. The van der Waals surface area contributed by atoms with E-state index in [1.54, 1.807) is 36.5 Å². The second-order valence-electron chi connectivity index (χ2n) is 9.11. The number of primary amides is 1. The van der Waals surface area contributed by atoms with Crippen molar-refractivity contribution in [1.29, 1.82) is 0 Å². The first-order chi connectivity index (χ1) is 18.0. The molecule has 3 heterocycles. The molecule has 0 aliphatic carbocycles. The Morgan fingerprint density at radius 2 is 1.78 bits per heavy atom. The Kier molecular flexibility index (Phi) is 6.93. The summed E-state index contributed by atoms with van der Waals surface area (Å²) in [6.45, 7) is 3.17. The number of hydrogen-bond donors (Lipinski definition) is 1. The van der Waals surface area contributed by atoms with Gasteiger partial charge in [0.2, 0.25) is 11.8 Å². The average Bonchev–Trinajstić information content (AvgIpc) is 3.42. The van der Waals surface area contributed by atoms with Crippen molar-refractivity contribution >= 4 is 11.8 Å². The zero-order valence-electron chi connectivity index (χ0n) is 20.6. The van der Waals surface area contributed by atoms with Crippen LogP contribution in [-0.4, -0.2) is 43.0 Å². The SMILES string of the molecule is Cc1cc(Oc2ccc(C(N)=O)cc2)nc(C2CCCCN2C(=O)c2ccc(Cn3cccn3)cc2)n1. The molecule has 1 atom stereocenters. The van der Waals surface area contributed by atoms with Crippen molar-refractivity contribution in [3.05, 3.63) is 101 Å². The van der Waals surface area contributed by atoms with Gasteiger partial charge in [-0.3, -0.25) is 14.3 Å². The minimum atomic E-state index is -0.499. The molecule has 5 rings (SSSR count). The van der Waals surface area contributed by atoms with Gasteiger partial charge in [0.05, 0.1) is 12.6 Å². The van der Waals surface area contributed by atoms with E-state index in [9.17, 15) is 9.59 Å². The Bertz CT molecular complexity index is 1380. The van der Waals surface area contributed by atoms with Gasteiger partial charge >= 0.3 is 0 Å². The third kappa shape index (κ3) is 5.66. The largest absolute Gasteiger partial charge is 0.439 e. The number of carbonyl (C=O) groups is 2. The van der Waals surface area contributed by atoms with Gasteiger partial charge in [-0.15, -0.1) is 0 Å². The maximum absolute atomic E-state index is 13.5. The summed E-state index contributed by atoms with van der Waals surface area (Å²) < 4.78 is 7.79. The number of aryl methyl sites for hydroxylation is 1. The summed E-state index contributed by atoms with van der Waals surface area (Å²) in [7, 11) is 0. The maximum Gasteiger partial charge on any atom is 0.254 e. The molecule has 37 heavy (non-hydrogen) atoms. The first-order valence-electron chi connectivity index (χ1n) is 12.3. The van der Waals surface area contributed by atoms with Crippen LogP contribution in [0.3, 0.4) is 0 Å². The van der Waals surface area contributed by atoms with E-state index in [1.165, 1.54) is 0 Å². The molecular formula is C28H28N6O3. The third-order valence-corrected chi connectivity index (χ3v) is 6.38. The van der Waals surface area contributed by atoms with E-state index < -0.39 is 5.91 Å². The summed E-state index contributed by atoms with van der Waals surface area (Å²) in [6.07, 6.45) is 6.35. The van der Waals surface area contributed by atoms with Gasteiger partial charge < -0.3 is 15.4 Å². The molecule has 1 aliphatic rings. The average molecular weight is 497 g/mol. The lowest BCUT2D eigenvalue weighted by Gasteiger charge is -2.35. The smallest absolute Gasteiger partial charge is 0.254 e. The van der Waals surface area contributed by atoms with E-state index in [0.29, 0.717) is 41.7 Å². The van der Waals surface area contributed by atoms with Crippen molar-refractivity contribution in [2.45, 2.75) is 38.8 Å². The third-order valence-electron chi connectivity index (χ3n) is 6.38. The normalized spacial score (nSPS) is 15.4. The summed E-state index contributed by atoms with van der Waals surface area (Å²) in [5.74, 6) is 0.939. The lowest BCUT2D eigenvalue weighted by molar-refractivity contribution is 0.0598. The number of hydrogen-bond acceptors (Lipinski definition) is 6. The molecule has 9 heteroatoms. The molecule has 4 aromatic rings. The molecule has 0 radical (unpaired) electrons. The van der Waals surface area contributed by atoms with Crippen molar-refractivity contribution in [2.75, 3.05) is 6.54 Å². The zero-order chi connectivity index (χ0) is 25.8. The van der Waals surface area contributed by atoms with Gasteiger partial charge in [-0.2, -0.15) is 10.1 Å². The Morgan fingerprint density at radius 3 is 2.49 bits per heavy atom. The fourth-order valence-corrected chi connectivity index (χ4v) is 4.51. The summed E-state index contributed by atoms with van der Waals surface area (Å²) in [5.41, 5.74) is 8.17. The number of ether oxygens (including phenoxy) is 1. The van der Waals surface area contributed by atoms with Crippen molar-refractivity contribution in [3.63, 3.8) is 0 Å². The lowest BCUT2D eigenvalue weighted by Crippen LogP contribution is -2.39. The summed E-state index contributed by atoms with van der Waals surface area (Å²) in [4.78, 5) is 36.1. The second-order valence-corrected chi connectivity index (χ2v) is 9.11. The van der Waals surface area contributed by atoms with Crippen LogP contribution >= 0.6 is 0 Å². The summed E-state index contributed by atoms with van der Waals surface area (Å²) >= 11 is 0. The number of benzene rings is 2. The molecule has 0 spiro atoms. The summed E-state index contributed by atoms with van der Waals surface area (Å²) in [6, 6.07) is 17.6. The molecule has 1 saturated heterocycles. The number of aromatic nitrogens is 4. The zero-order valence-corrected chi connectivity index (χ0v) is 20.6. The Balaban J connectivity index is 1.34. The van der Waals surface area contributed by atoms with Crippen LogP contribution in [0.2, 0.25) is 0 Å². The van der Waals surface area contributed by atoms with Crippen LogP contribution in [0.15, 0.2) is 73.1 Å². The minimum Gasteiger partial charge on any atom is -0.439 e. The molecule has 0 saturated carbocycles. The Labute approximate surface area is 214 Å². The molecule has 9 nitrogen and oxygen atoms in total. The van der Waals surface area contributed by atoms with Crippen molar-refractivity contribution < 1.29 is 14.3 Å². The van der Waals surface area contributed by atoms with Crippen molar-refractivity contribution in [3.8, 4) is 11.6 Å². The first-order valence-corrected chi connectivity index (χ1v) is 12.3. The monoisotopic (exact) mass is 496 g/mol. The molecular weight excluding hydrogens is 468 g/mol. The van der Waals surface area contributed by atoms with E-state index >= 15 is 0 Å². The van der Waals surface area contributed by atoms with E-state index in [-0.39, 0.29) is 11.9 Å². The topological polar surface area (TPSA) is 116 Å². The van der Waals surface area contributed by atoms with Gasteiger partial charge in [-0.1, -0.05) is 12.1 Å². The van der Waals surface area contributed by atoms with Gasteiger partial charge in [-0.25, -0.2) is 4.98 Å². The minimum absolute atomic E-state index is 0.0371. The molecule has 2 amide bonds. The van der Waals surface area contributed by atoms with Gasteiger partial charge in [0.15, 0.2) is 5.82 Å². The number of amides is 2. The molecule has 1 unspecified atom stereocenters. The van der Waals surface area contributed by atoms with Crippen LogP contribution in [0, 0.1) is 6.92 Å². The number of rotatable bonds is 7. The van der Waals surface area contributed by atoms with Crippen molar-refractivity contribution in [2.24, 2.45) is 5.73 Å². The van der Waals surface area contributed by atoms with Crippen LogP contribution < -0.4 is 10.5 Å². The number of nitrogens with two attached hydrogens (primary N) is 1. The van der Waals surface area contributed by atoms with Gasteiger partial charge in [-0.05, 0) is 74.2 Å². The standard InChI is InChI=1S/C28H28N6O3/c1-19-17-25(37-23-12-10-21(11-13-23)26(29)35)32-27(31-19)24-5-2-3-16-34(24)28(36)22-8-6-20(7-9-22)18-33-15-4-14-30-33/h4,6-15,17,24H,2-3,5,16,18H2,1H3,(H2,29,35). The van der Waals surface area contributed by atoms with Gasteiger partial charge in [0.25, 0.3) is 5.91 Å². The highest BCUT2D eigenvalue weighted by Gasteiger charge is 2.31. The van der Waals surface area contributed by atoms with E-state index in [1.807, 2.05) is 53.0 Å². The predicted molar refractivity (Wildman–Crippen MR) is 137 cm³/mol. The van der Waals surface area contributed by atoms with Crippen LogP contribution in [0.25, 0.3) is 0 Å². The molecule has 188 valence electrons. The second kappa shape index (κ2) is 10.6. The van der Waals surface area contributed by atoms with Gasteiger partial charge in [0.1, 0.15) is 5.75 Å². The number of nitrogens with zero attached hydrogens (tertiary/aromatic N) is 5. The molecule has 1 aliphatic heterocycles. The number of likely N-dealkylation sites (tertiary alicyclic amines) is 1. The van der Waals surface area contributed by atoms with E-state index in [0.717, 1.165) is 30.5 Å². The molecule has 2 aromatic carbocycles. The number of piperidine rings is 1. The Morgan fingerprint density at radius 1 is 1.03 bits per heavy atom. The van der Waals surface area contributed by atoms with Crippen LogP contribution in [0.1, 0.15) is 63.1 Å². The van der Waals surface area contributed by atoms with Crippen LogP contribution in [0.4, 0.5) is 0 Å². The maximum atomic E-state index is 13.5. The predicted octanol–water partition coefficient (Wildman–Crippen LogP) is 4.29. The quantitative estimate of drug-likeness (QED) is 0.408. The molecule has 1 fully saturated rings. The fraction of sp³-hybridized carbons (Fsp3) is 0.250. The lowest BCUT2D eigenvalue weighted by atomic mass is 9.99. The molecule has 2 N–H and O–H groups in total.